The number of rotatable bonds is 14. The number of nitrogens with zero attached hydrogens (tertiary/aromatic N) is 5. The lowest BCUT2D eigenvalue weighted by Crippen LogP contribution is -2.37. The number of aryl methyl sites for hydroxylation is 2. The van der Waals surface area contributed by atoms with E-state index in [1.54, 1.807) is 12.1 Å². The summed E-state index contributed by atoms with van der Waals surface area (Å²) in [5, 5.41) is 13.1. The summed E-state index contributed by atoms with van der Waals surface area (Å²) < 4.78 is 83.1. The van der Waals surface area contributed by atoms with Gasteiger partial charge in [0.25, 0.3) is 20.2 Å². The number of nitrogens with one attached hydrogen (secondary N) is 4. The van der Waals surface area contributed by atoms with Crippen molar-refractivity contribution in [3.8, 4) is 0 Å². The third-order valence-electron chi connectivity index (χ3n) is 10.6. The van der Waals surface area contributed by atoms with Gasteiger partial charge in [-0.3, -0.25) is 9.11 Å². The van der Waals surface area contributed by atoms with E-state index in [4.69, 9.17) is 9.47 Å². The molecule has 0 atom stereocenters. The largest absolute Gasteiger partial charge is 0.378 e. The van der Waals surface area contributed by atoms with Crippen LogP contribution >= 0.6 is 0 Å². The Morgan fingerprint density at radius 1 is 0.531 bits per heavy atom. The van der Waals surface area contributed by atoms with E-state index in [1.807, 2.05) is 85.5 Å². The van der Waals surface area contributed by atoms with Crippen molar-refractivity contribution in [1.29, 1.82) is 0 Å². The molecule has 19 heteroatoms. The zero-order valence-electron chi connectivity index (χ0n) is 35.0. The number of hydrogen-bond acceptors (Lipinski definition) is 15. The van der Waals surface area contributed by atoms with Gasteiger partial charge in [0, 0.05) is 66.0 Å². The zero-order valence-corrected chi connectivity index (χ0v) is 36.7. The lowest BCUT2D eigenvalue weighted by Gasteiger charge is -2.30. The second-order valence-electron chi connectivity index (χ2n) is 15.2. The highest BCUT2D eigenvalue weighted by molar-refractivity contribution is 7.86. The van der Waals surface area contributed by atoms with E-state index in [9.17, 15) is 25.9 Å². The van der Waals surface area contributed by atoms with Crippen LogP contribution in [0.2, 0.25) is 0 Å². The van der Waals surface area contributed by atoms with Crippen LogP contribution in [-0.4, -0.2) is 93.5 Å². The predicted octanol–water partition coefficient (Wildman–Crippen LogP) is 7.80. The molecule has 0 spiro atoms. The molecule has 6 aromatic rings. The Balaban J connectivity index is 1.07. The van der Waals surface area contributed by atoms with E-state index in [2.05, 4.69) is 41.1 Å². The van der Waals surface area contributed by atoms with Crippen molar-refractivity contribution in [2.24, 2.45) is 0 Å². The summed E-state index contributed by atoms with van der Waals surface area (Å²) >= 11 is 0. The lowest BCUT2D eigenvalue weighted by atomic mass is 10.1. The van der Waals surface area contributed by atoms with Gasteiger partial charge < -0.3 is 40.5 Å². The fraction of sp³-hybridized carbons (Fsp3) is 0.222. The minimum Gasteiger partial charge on any atom is -0.378 e. The second kappa shape index (κ2) is 19.0. The molecule has 6 N–H and O–H groups in total. The summed E-state index contributed by atoms with van der Waals surface area (Å²) in [6, 6.07) is 30.1. The van der Waals surface area contributed by atoms with Crippen LogP contribution in [0.15, 0.2) is 113 Å². The maximum Gasteiger partial charge on any atom is 0.295 e. The average molecular weight is 906 g/mol. The Morgan fingerprint density at radius 2 is 1.00 bits per heavy atom. The van der Waals surface area contributed by atoms with Gasteiger partial charge in [-0.2, -0.15) is 31.8 Å². The average Bonchev–Trinajstić information content (AvgIpc) is 3.27. The summed E-state index contributed by atoms with van der Waals surface area (Å²) in [5.74, 6) is 0.735. The molecule has 8 rings (SSSR count). The van der Waals surface area contributed by atoms with E-state index in [-0.39, 0.29) is 28.7 Å². The van der Waals surface area contributed by atoms with E-state index in [0.29, 0.717) is 69.9 Å². The normalized spacial score (nSPS) is 14.7. The number of anilines is 10. The maximum absolute atomic E-state index is 12.8. The van der Waals surface area contributed by atoms with Crippen LogP contribution in [0, 0.1) is 13.8 Å². The number of benzene rings is 5. The first-order valence-electron chi connectivity index (χ1n) is 20.4. The molecule has 5 aromatic carbocycles. The third kappa shape index (κ3) is 10.9. The molecule has 17 nitrogen and oxygen atoms in total. The number of aromatic nitrogens is 3. The summed E-state index contributed by atoms with van der Waals surface area (Å²) in [4.78, 5) is 17.0. The summed E-state index contributed by atoms with van der Waals surface area (Å²) in [6.45, 7) is 8.62. The van der Waals surface area contributed by atoms with Crippen LogP contribution in [0.3, 0.4) is 0 Å². The number of ether oxygens (including phenoxy) is 2. The van der Waals surface area contributed by atoms with Gasteiger partial charge >= 0.3 is 0 Å². The first-order chi connectivity index (χ1) is 30.7. The molecule has 0 radical (unpaired) electrons. The molecule has 0 unspecified atom stereocenters. The predicted molar refractivity (Wildman–Crippen MR) is 249 cm³/mol. The van der Waals surface area contributed by atoms with Gasteiger partial charge in [0.2, 0.25) is 17.8 Å². The molecule has 332 valence electrons. The zero-order chi connectivity index (χ0) is 44.8. The summed E-state index contributed by atoms with van der Waals surface area (Å²) in [5.41, 5.74) is 6.84. The molecule has 2 fully saturated rings. The smallest absolute Gasteiger partial charge is 0.295 e. The van der Waals surface area contributed by atoms with E-state index in [0.717, 1.165) is 33.9 Å². The van der Waals surface area contributed by atoms with E-state index >= 15 is 0 Å². The molecule has 2 aliphatic rings. The van der Waals surface area contributed by atoms with Gasteiger partial charge in [-0.25, -0.2) is 0 Å². The molecular formula is C45H47N9O8S2. The summed E-state index contributed by atoms with van der Waals surface area (Å²) in [7, 11) is -9.61. The Labute approximate surface area is 371 Å². The van der Waals surface area contributed by atoms with E-state index < -0.39 is 30.0 Å². The Morgan fingerprint density at radius 3 is 1.53 bits per heavy atom. The van der Waals surface area contributed by atoms with Crippen molar-refractivity contribution in [3.05, 3.63) is 125 Å². The van der Waals surface area contributed by atoms with Crippen LogP contribution in [0.1, 0.15) is 22.3 Å². The number of para-hydroxylation sites is 2. The highest BCUT2D eigenvalue weighted by Gasteiger charge is 2.21. The van der Waals surface area contributed by atoms with E-state index in [1.165, 1.54) is 36.4 Å². The molecule has 2 aliphatic heterocycles. The highest BCUT2D eigenvalue weighted by Crippen LogP contribution is 2.33. The minimum atomic E-state index is -4.82. The molecule has 0 bridgehead atoms. The van der Waals surface area contributed by atoms with Crippen molar-refractivity contribution in [3.63, 3.8) is 0 Å². The lowest BCUT2D eigenvalue weighted by molar-refractivity contribution is 0.122. The third-order valence-corrected chi connectivity index (χ3v) is 12.4. The molecule has 3 heterocycles. The van der Waals surface area contributed by atoms with Crippen LogP contribution < -0.4 is 31.1 Å². The first-order valence-corrected chi connectivity index (χ1v) is 23.3. The van der Waals surface area contributed by atoms with Gasteiger partial charge in [-0.15, -0.1) is 0 Å². The van der Waals surface area contributed by atoms with Gasteiger partial charge in [0.05, 0.1) is 26.4 Å². The molecular weight excluding hydrogens is 859 g/mol. The fourth-order valence-corrected chi connectivity index (χ4v) is 8.68. The van der Waals surface area contributed by atoms with Gasteiger partial charge in [-0.05, 0) is 90.7 Å². The molecule has 1 aromatic heterocycles. The maximum atomic E-state index is 12.8. The molecule has 0 aliphatic carbocycles. The minimum absolute atomic E-state index is 0.0386. The van der Waals surface area contributed by atoms with Crippen molar-refractivity contribution < 1.29 is 35.4 Å². The van der Waals surface area contributed by atoms with Crippen molar-refractivity contribution >= 4 is 90.0 Å². The fourth-order valence-electron chi connectivity index (χ4n) is 7.26. The highest BCUT2D eigenvalue weighted by atomic mass is 32.2. The van der Waals surface area contributed by atoms with Crippen LogP contribution in [0.4, 0.5) is 57.7 Å². The quantitative estimate of drug-likeness (QED) is 0.0453. The van der Waals surface area contributed by atoms with Gasteiger partial charge in [0.15, 0.2) is 0 Å². The monoisotopic (exact) mass is 905 g/mol. The van der Waals surface area contributed by atoms with Crippen molar-refractivity contribution in [2.45, 2.75) is 23.6 Å². The SMILES string of the molecule is Cc1ccccc1Nc1cc(Nc2ccc(C=Cc3ccc(Nc4nc(Nc5ccccc5C)nc(N5CCOCC5)n4)cc3S(=O)(=O)O)c(S(=O)(=O)O)c2)cc(N2CCOCC2)c1. The number of morpholine rings is 2. The Hall–Kier alpha value is -6.61. The molecule has 0 amide bonds. The second-order valence-corrected chi connectivity index (χ2v) is 17.9. The standard InChI is InChI=1S/C45H47N9O8S2/c1-30-7-3-5-9-39(30)47-37-25-36(26-38(27-37)53-17-21-61-22-18-53)46-34-15-13-32(41(28-34)63(55,56)57)11-12-33-14-16-35(29-42(33)64(58,59)60)48-43-50-44(49-40-10-6-4-8-31(40)2)52-45(51-43)54-19-23-62-24-20-54/h3-16,25-29,46-47H,17-24H2,1-2H3,(H,55,56,57)(H,58,59,60)(H2,48,49,50,51,52). The molecule has 0 saturated carbocycles. The first kappa shape index (κ1) is 44.0. The molecule has 64 heavy (non-hydrogen) atoms. The van der Waals surface area contributed by atoms with Crippen LogP contribution in [0.5, 0.6) is 0 Å². The Kier molecular flexibility index (Phi) is 13.1. The number of hydrogen-bond donors (Lipinski definition) is 6. The van der Waals surface area contributed by atoms with Gasteiger partial charge in [-0.1, -0.05) is 60.7 Å². The van der Waals surface area contributed by atoms with Crippen LogP contribution in [0.25, 0.3) is 12.2 Å². The molecule has 2 saturated heterocycles. The van der Waals surface area contributed by atoms with Crippen molar-refractivity contribution in [1.82, 2.24) is 15.0 Å². The van der Waals surface area contributed by atoms with Crippen molar-refractivity contribution in [2.75, 3.05) is 83.7 Å². The van der Waals surface area contributed by atoms with Gasteiger partial charge in [0.1, 0.15) is 9.79 Å². The summed E-state index contributed by atoms with van der Waals surface area (Å²) in [6.07, 6.45) is 2.68. The topological polar surface area (TPSA) is 220 Å². The van der Waals surface area contributed by atoms with Crippen LogP contribution in [-0.2, 0) is 29.7 Å². The Bertz CT molecular complexity index is 2730.